The Balaban J connectivity index is 2.73. The van der Waals surface area contributed by atoms with Crippen molar-refractivity contribution in [3.05, 3.63) is 34.3 Å². The van der Waals surface area contributed by atoms with Crippen molar-refractivity contribution in [2.45, 2.75) is 13.1 Å². The van der Waals surface area contributed by atoms with Crippen LogP contribution in [0.4, 0.5) is 4.39 Å². The number of carbonyl (C=O) groups is 1. The quantitative estimate of drug-likeness (QED) is 0.782. The van der Waals surface area contributed by atoms with Gasteiger partial charge in [-0.2, -0.15) is 0 Å². The van der Waals surface area contributed by atoms with E-state index in [1.54, 1.807) is 31.2 Å². The van der Waals surface area contributed by atoms with Gasteiger partial charge in [0, 0.05) is 4.47 Å². The maximum absolute atomic E-state index is 13.4. The first-order valence-corrected chi connectivity index (χ1v) is 5.00. The summed E-state index contributed by atoms with van der Waals surface area (Å²) in [5, 5.41) is 0. The van der Waals surface area contributed by atoms with Gasteiger partial charge in [0.05, 0.1) is 6.61 Å². The van der Waals surface area contributed by atoms with Crippen molar-refractivity contribution in [1.82, 2.24) is 0 Å². The van der Waals surface area contributed by atoms with Crippen LogP contribution in [0.5, 0.6) is 0 Å². The second kappa shape index (κ2) is 5.10. The molecule has 0 N–H and O–H groups in total. The van der Waals surface area contributed by atoms with Gasteiger partial charge < -0.3 is 4.74 Å². The number of hydrogen-bond acceptors (Lipinski definition) is 2. The first-order valence-electron chi connectivity index (χ1n) is 4.21. The minimum Gasteiger partial charge on any atom is -0.464 e. The third kappa shape index (κ3) is 2.80. The highest BCUT2D eigenvalue weighted by molar-refractivity contribution is 9.10. The Morgan fingerprint density at radius 1 is 1.50 bits per heavy atom. The standard InChI is InChI=1S/C10H10BrFO2/c1-2-14-10(13)9(12)7-3-5-8(11)6-4-7/h3-6,9H,2H2,1H3/t9-/m1/s1. The second-order valence-electron chi connectivity index (χ2n) is 2.67. The van der Waals surface area contributed by atoms with Crippen LogP contribution in [-0.4, -0.2) is 12.6 Å². The fourth-order valence-corrected chi connectivity index (χ4v) is 1.25. The van der Waals surface area contributed by atoms with Crippen molar-refractivity contribution in [3.63, 3.8) is 0 Å². The molecule has 0 heterocycles. The molecule has 1 aromatic rings. The average Bonchev–Trinajstić information content (AvgIpc) is 2.18. The summed E-state index contributed by atoms with van der Waals surface area (Å²) in [6, 6.07) is 6.46. The highest BCUT2D eigenvalue weighted by Crippen LogP contribution is 2.21. The van der Waals surface area contributed by atoms with Crippen molar-refractivity contribution in [2.75, 3.05) is 6.61 Å². The van der Waals surface area contributed by atoms with Crippen molar-refractivity contribution in [3.8, 4) is 0 Å². The molecule has 2 nitrogen and oxygen atoms in total. The molecule has 0 amide bonds. The number of rotatable bonds is 3. The molecule has 1 aromatic carbocycles. The molecule has 14 heavy (non-hydrogen) atoms. The minimum atomic E-state index is -1.69. The third-order valence-corrected chi connectivity index (χ3v) is 2.18. The van der Waals surface area contributed by atoms with E-state index in [4.69, 9.17) is 0 Å². The number of halogens is 2. The lowest BCUT2D eigenvalue weighted by Gasteiger charge is -2.07. The van der Waals surface area contributed by atoms with Crippen molar-refractivity contribution in [2.24, 2.45) is 0 Å². The van der Waals surface area contributed by atoms with Crippen LogP contribution in [0, 0.1) is 0 Å². The van der Waals surface area contributed by atoms with Crippen LogP contribution in [0.2, 0.25) is 0 Å². The summed E-state index contributed by atoms with van der Waals surface area (Å²) in [5.74, 6) is -0.838. The van der Waals surface area contributed by atoms with Crippen LogP contribution in [0.25, 0.3) is 0 Å². The zero-order valence-electron chi connectivity index (χ0n) is 7.67. The third-order valence-electron chi connectivity index (χ3n) is 1.66. The SMILES string of the molecule is CCOC(=O)[C@H](F)c1ccc(Br)cc1. The summed E-state index contributed by atoms with van der Waals surface area (Å²) in [7, 11) is 0. The lowest BCUT2D eigenvalue weighted by molar-refractivity contribution is -0.149. The maximum atomic E-state index is 13.4. The molecule has 0 aromatic heterocycles. The van der Waals surface area contributed by atoms with Gasteiger partial charge in [-0.1, -0.05) is 28.1 Å². The van der Waals surface area contributed by atoms with Crippen molar-refractivity contribution < 1.29 is 13.9 Å². The molecule has 0 spiro atoms. The normalized spacial score (nSPS) is 12.2. The highest BCUT2D eigenvalue weighted by Gasteiger charge is 2.20. The number of ether oxygens (including phenoxy) is 1. The van der Waals surface area contributed by atoms with Crippen molar-refractivity contribution >= 4 is 21.9 Å². The summed E-state index contributed by atoms with van der Waals surface area (Å²) < 4.78 is 18.8. The molecule has 76 valence electrons. The first kappa shape index (κ1) is 11.2. The maximum Gasteiger partial charge on any atom is 0.345 e. The Bertz CT molecular complexity index is 310. The van der Waals surface area contributed by atoms with E-state index in [9.17, 15) is 9.18 Å². The van der Waals surface area contributed by atoms with E-state index in [1.807, 2.05) is 0 Å². The fraction of sp³-hybridized carbons (Fsp3) is 0.300. The van der Waals surface area contributed by atoms with E-state index < -0.39 is 12.1 Å². The van der Waals surface area contributed by atoms with E-state index in [-0.39, 0.29) is 6.61 Å². The molecule has 0 fully saturated rings. The summed E-state index contributed by atoms with van der Waals surface area (Å²) >= 11 is 3.22. The number of benzene rings is 1. The van der Waals surface area contributed by atoms with E-state index in [1.165, 1.54) is 0 Å². The van der Waals surface area contributed by atoms with Crippen molar-refractivity contribution in [1.29, 1.82) is 0 Å². The summed E-state index contributed by atoms with van der Waals surface area (Å²) in [4.78, 5) is 11.0. The monoisotopic (exact) mass is 260 g/mol. The van der Waals surface area contributed by atoms with Gasteiger partial charge in [0.1, 0.15) is 0 Å². The topological polar surface area (TPSA) is 26.3 Å². The number of alkyl halides is 1. The van der Waals surface area contributed by atoms with Gasteiger partial charge in [-0.05, 0) is 24.6 Å². The van der Waals surface area contributed by atoms with Gasteiger partial charge in [-0.25, -0.2) is 9.18 Å². The molecule has 0 aliphatic rings. The summed E-state index contributed by atoms with van der Waals surface area (Å²) in [5.41, 5.74) is 0.312. The fourth-order valence-electron chi connectivity index (χ4n) is 0.983. The largest absolute Gasteiger partial charge is 0.464 e. The van der Waals surface area contributed by atoms with Crippen LogP contribution in [0.3, 0.4) is 0 Å². The van der Waals surface area contributed by atoms with Gasteiger partial charge in [0.15, 0.2) is 0 Å². The van der Waals surface area contributed by atoms with Gasteiger partial charge in [0.2, 0.25) is 6.17 Å². The average molecular weight is 261 g/mol. The van der Waals surface area contributed by atoms with E-state index in [0.717, 1.165) is 4.47 Å². The van der Waals surface area contributed by atoms with Crippen LogP contribution in [0.15, 0.2) is 28.7 Å². The molecule has 1 atom stereocenters. The molecular formula is C10H10BrFO2. The summed E-state index contributed by atoms with van der Waals surface area (Å²) in [6.07, 6.45) is -1.69. The smallest absolute Gasteiger partial charge is 0.345 e. The second-order valence-corrected chi connectivity index (χ2v) is 3.58. The molecule has 0 saturated heterocycles. The lowest BCUT2D eigenvalue weighted by atomic mass is 10.1. The molecular weight excluding hydrogens is 251 g/mol. The van der Waals surface area contributed by atoms with E-state index >= 15 is 0 Å². The zero-order valence-corrected chi connectivity index (χ0v) is 9.25. The van der Waals surface area contributed by atoms with Gasteiger partial charge in [-0.15, -0.1) is 0 Å². The molecule has 0 unspecified atom stereocenters. The molecule has 1 rings (SSSR count). The first-order chi connectivity index (χ1) is 6.65. The number of hydrogen-bond donors (Lipinski definition) is 0. The molecule has 0 saturated carbocycles. The van der Waals surface area contributed by atoms with E-state index in [2.05, 4.69) is 20.7 Å². The predicted octanol–water partition coefficient (Wildman–Crippen LogP) is 3.02. The zero-order chi connectivity index (χ0) is 10.6. The minimum absolute atomic E-state index is 0.190. The Kier molecular flexibility index (Phi) is 4.07. The van der Waals surface area contributed by atoms with E-state index in [0.29, 0.717) is 5.56 Å². The molecule has 0 aliphatic carbocycles. The summed E-state index contributed by atoms with van der Waals surface area (Å²) in [6.45, 7) is 1.84. The van der Waals surface area contributed by atoms with Gasteiger partial charge in [0.25, 0.3) is 0 Å². The van der Waals surface area contributed by atoms with Crippen LogP contribution in [-0.2, 0) is 9.53 Å². The lowest BCUT2D eigenvalue weighted by Crippen LogP contribution is -2.11. The Hall–Kier alpha value is -0.900. The molecule has 0 radical (unpaired) electrons. The Morgan fingerprint density at radius 3 is 2.57 bits per heavy atom. The highest BCUT2D eigenvalue weighted by atomic mass is 79.9. The molecule has 0 bridgehead atoms. The van der Waals surface area contributed by atoms with Crippen LogP contribution in [0.1, 0.15) is 18.7 Å². The Labute approximate surface area is 90.2 Å². The number of esters is 1. The molecule has 0 aliphatic heterocycles. The Morgan fingerprint density at radius 2 is 2.07 bits per heavy atom. The number of carbonyl (C=O) groups excluding carboxylic acids is 1. The van der Waals surface area contributed by atoms with Gasteiger partial charge >= 0.3 is 5.97 Å². The van der Waals surface area contributed by atoms with Gasteiger partial charge in [-0.3, -0.25) is 0 Å². The molecule has 4 heteroatoms. The van der Waals surface area contributed by atoms with Crippen LogP contribution >= 0.6 is 15.9 Å². The predicted molar refractivity (Wildman–Crippen MR) is 54.6 cm³/mol. The van der Waals surface area contributed by atoms with Crippen LogP contribution < -0.4 is 0 Å².